The summed E-state index contributed by atoms with van der Waals surface area (Å²) in [4.78, 5) is 2.44. The van der Waals surface area contributed by atoms with Gasteiger partial charge in [-0.2, -0.15) is 0 Å². The molecule has 0 aliphatic carbocycles. The van der Waals surface area contributed by atoms with Gasteiger partial charge >= 0.3 is 0 Å². The number of rotatable bonds is 9. The third-order valence-electron chi connectivity index (χ3n) is 12.3. The number of hydrogen-bond donors (Lipinski definition) is 0. The highest BCUT2D eigenvalue weighted by molar-refractivity contribution is 6.25. The van der Waals surface area contributed by atoms with E-state index in [-0.39, 0.29) is 0 Å². The average molecular weight is 802 g/mol. The van der Waals surface area contributed by atoms with E-state index in [9.17, 15) is 0 Å². The molecule has 0 saturated heterocycles. The molecular formula is C62H43N. The fraction of sp³-hybridized carbons (Fsp3) is 0. The molecule has 0 bridgehead atoms. The first kappa shape index (κ1) is 37.7. The Morgan fingerprint density at radius 3 is 1.14 bits per heavy atom. The van der Waals surface area contributed by atoms with Crippen LogP contribution in [0.5, 0.6) is 0 Å². The van der Waals surface area contributed by atoms with E-state index in [0.717, 1.165) is 22.6 Å². The molecule has 0 aliphatic heterocycles. The number of fused-ring (bicyclic) bond motifs is 3. The lowest BCUT2D eigenvalue weighted by atomic mass is 9.84. The van der Waals surface area contributed by atoms with Gasteiger partial charge in [-0.15, -0.1) is 0 Å². The van der Waals surface area contributed by atoms with Crippen molar-refractivity contribution in [3.05, 3.63) is 261 Å². The maximum absolute atomic E-state index is 2.44. The van der Waals surface area contributed by atoms with Crippen molar-refractivity contribution >= 4 is 38.6 Å². The van der Waals surface area contributed by atoms with Crippen LogP contribution in [0.1, 0.15) is 0 Å². The van der Waals surface area contributed by atoms with E-state index in [0.29, 0.717) is 0 Å². The Hall–Kier alpha value is -8.26. The third-order valence-corrected chi connectivity index (χ3v) is 12.3. The number of hydrogen-bond acceptors (Lipinski definition) is 1. The van der Waals surface area contributed by atoms with Gasteiger partial charge in [-0.3, -0.25) is 0 Å². The zero-order chi connectivity index (χ0) is 42.0. The summed E-state index contributed by atoms with van der Waals surface area (Å²) in [5.41, 5.74) is 17.8. The van der Waals surface area contributed by atoms with Crippen LogP contribution in [0.2, 0.25) is 0 Å². The average Bonchev–Trinajstić information content (AvgIpc) is 3.37. The first-order chi connectivity index (χ1) is 31.3. The van der Waals surface area contributed by atoms with E-state index < -0.39 is 0 Å². The van der Waals surface area contributed by atoms with Crippen LogP contribution < -0.4 is 4.90 Å². The molecule has 0 N–H and O–H groups in total. The maximum atomic E-state index is 2.44. The predicted molar refractivity (Wildman–Crippen MR) is 269 cm³/mol. The van der Waals surface area contributed by atoms with Crippen LogP contribution in [0.3, 0.4) is 0 Å². The second-order valence-corrected chi connectivity index (χ2v) is 16.0. The monoisotopic (exact) mass is 801 g/mol. The van der Waals surface area contributed by atoms with Crippen LogP contribution in [0.15, 0.2) is 261 Å². The highest BCUT2D eigenvalue weighted by atomic mass is 15.1. The molecule has 11 aromatic rings. The minimum absolute atomic E-state index is 1.08. The highest BCUT2D eigenvalue weighted by Gasteiger charge is 2.23. The molecule has 0 atom stereocenters. The Bertz CT molecular complexity index is 3320. The maximum Gasteiger partial charge on any atom is 0.0546 e. The molecule has 11 rings (SSSR count). The lowest BCUT2D eigenvalue weighted by Gasteiger charge is -2.29. The van der Waals surface area contributed by atoms with Gasteiger partial charge in [-0.1, -0.05) is 224 Å². The lowest BCUT2D eigenvalue weighted by molar-refractivity contribution is 1.30. The standard InChI is InChI=1S/C62H43N/c1-6-19-44(20-7-1)45-33-38-52(39-34-45)63(53-40-35-46(36-41-53)51-37-42-54(47-21-8-2-9-22-47)58(43-51)48-23-10-3-11-24-48)59-32-18-31-57-61(50-27-14-5-15-28-50)60(49-25-12-4-13-26-49)55-29-16-17-30-56(55)62(57)59/h1-43H. The normalized spacial score (nSPS) is 11.2. The second kappa shape index (κ2) is 16.7. The SMILES string of the molecule is c1ccc(-c2ccc(N(c3ccc(-c4ccc(-c5ccccc5)c(-c5ccccc5)c4)cc3)c3cccc4c(-c5ccccc5)c(-c5ccccc5)c5ccccc5c34)cc2)cc1. The van der Waals surface area contributed by atoms with Gasteiger partial charge in [0, 0.05) is 16.8 Å². The third kappa shape index (κ3) is 7.16. The fourth-order valence-corrected chi connectivity index (χ4v) is 9.33. The fourth-order valence-electron chi connectivity index (χ4n) is 9.33. The molecule has 0 aromatic heterocycles. The van der Waals surface area contributed by atoms with Crippen molar-refractivity contribution in [2.45, 2.75) is 0 Å². The molecule has 1 nitrogen and oxygen atoms in total. The number of benzene rings is 11. The minimum Gasteiger partial charge on any atom is -0.310 e. The van der Waals surface area contributed by atoms with Gasteiger partial charge in [0.05, 0.1) is 5.69 Å². The molecule has 296 valence electrons. The van der Waals surface area contributed by atoms with Crippen LogP contribution in [0.25, 0.3) is 88.3 Å². The largest absolute Gasteiger partial charge is 0.310 e. The van der Waals surface area contributed by atoms with Crippen molar-refractivity contribution in [2.75, 3.05) is 4.90 Å². The summed E-state index contributed by atoms with van der Waals surface area (Å²) in [6.07, 6.45) is 0. The molecule has 63 heavy (non-hydrogen) atoms. The van der Waals surface area contributed by atoms with Crippen LogP contribution in [-0.4, -0.2) is 0 Å². The van der Waals surface area contributed by atoms with E-state index >= 15 is 0 Å². The zero-order valence-electron chi connectivity index (χ0n) is 34.8. The molecule has 0 amide bonds. The van der Waals surface area contributed by atoms with Crippen LogP contribution >= 0.6 is 0 Å². The molecular weight excluding hydrogens is 759 g/mol. The molecule has 0 heterocycles. The van der Waals surface area contributed by atoms with Gasteiger partial charge in [0.2, 0.25) is 0 Å². The van der Waals surface area contributed by atoms with E-state index in [1.807, 2.05) is 0 Å². The smallest absolute Gasteiger partial charge is 0.0546 e. The topological polar surface area (TPSA) is 3.24 Å². The van der Waals surface area contributed by atoms with Crippen molar-refractivity contribution in [3.8, 4) is 66.8 Å². The molecule has 0 aliphatic rings. The van der Waals surface area contributed by atoms with Crippen molar-refractivity contribution in [1.29, 1.82) is 0 Å². The van der Waals surface area contributed by atoms with Gasteiger partial charge in [-0.05, 0) is 119 Å². The summed E-state index contributed by atoms with van der Waals surface area (Å²) in [6.45, 7) is 0. The van der Waals surface area contributed by atoms with Crippen molar-refractivity contribution in [2.24, 2.45) is 0 Å². The number of anilines is 3. The summed E-state index contributed by atoms with van der Waals surface area (Å²) in [7, 11) is 0. The van der Waals surface area contributed by atoms with Gasteiger partial charge in [0.15, 0.2) is 0 Å². The second-order valence-electron chi connectivity index (χ2n) is 16.0. The number of nitrogens with zero attached hydrogens (tertiary/aromatic N) is 1. The van der Waals surface area contributed by atoms with Crippen LogP contribution in [0, 0.1) is 0 Å². The Labute approximate surface area is 369 Å². The van der Waals surface area contributed by atoms with Crippen molar-refractivity contribution < 1.29 is 0 Å². The van der Waals surface area contributed by atoms with E-state index in [2.05, 4.69) is 266 Å². The van der Waals surface area contributed by atoms with Crippen LogP contribution in [-0.2, 0) is 0 Å². The molecule has 0 radical (unpaired) electrons. The van der Waals surface area contributed by atoms with Crippen molar-refractivity contribution in [1.82, 2.24) is 0 Å². The lowest BCUT2D eigenvalue weighted by Crippen LogP contribution is -2.11. The zero-order valence-corrected chi connectivity index (χ0v) is 34.8. The molecule has 0 spiro atoms. The Morgan fingerprint density at radius 1 is 0.222 bits per heavy atom. The summed E-state index contributed by atoms with van der Waals surface area (Å²) >= 11 is 0. The molecule has 1 heteroatoms. The minimum atomic E-state index is 1.08. The first-order valence-electron chi connectivity index (χ1n) is 21.7. The van der Waals surface area contributed by atoms with E-state index in [1.165, 1.54) is 82.7 Å². The van der Waals surface area contributed by atoms with Crippen molar-refractivity contribution in [3.63, 3.8) is 0 Å². The highest BCUT2D eigenvalue weighted by Crippen LogP contribution is 2.49. The molecule has 0 saturated carbocycles. The molecule has 0 fully saturated rings. The van der Waals surface area contributed by atoms with Gasteiger partial charge in [0.25, 0.3) is 0 Å². The van der Waals surface area contributed by atoms with Crippen LogP contribution in [0.4, 0.5) is 17.1 Å². The summed E-state index contributed by atoms with van der Waals surface area (Å²) in [5, 5.41) is 4.87. The first-order valence-corrected chi connectivity index (χ1v) is 21.7. The van der Waals surface area contributed by atoms with E-state index in [1.54, 1.807) is 0 Å². The van der Waals surface area contributed by atoms with Gasteiger partial charge in [0.1, 0.15) is 0 Å². The molecule has 11 aromatic carbocycles. The Balaban J connectivity index is 1.12. The summed E-state index contributed by atoms with van der Waals surface area (Å²) in [5.74, 6) is 0. The van der Waals surface area contributed by atoms with Gasteiger partial charge < -0.3 is 4.90 Å². The van der Waals surface area contributed by atoms with E-state index in [4.69, 9.17) is 0 Å². The van der Waals surface area contributed by atoms with Gasteiger partial charge in [-0.25, -0.2) is 0 Å². The summed E-state index contributed by atoms with van der Waals surface area (Å²) in [6, 6.07) is 94.6. The predicted octanol–water partition coefficient (Wildman–Crippen LogP) is 17.5. The Kier molecular flexibility index (Phi) is 9.97. The quantitative estimate of drug-likeness (QED) is 0.131. The summed E-state index contributed by atoms with van der Waals surface area (Å²) < 4.78 is 0. The Morgan fingerprint density at radius 2 is 0.603 bits per heavy atom. The molecule has 0 unspecified atom stereocenters.